The number of benzene rings is 6. The topological polar surface area (TPSA) is 223 Å². The number of ether oxygens (including phenoxy) is 2. The van der Waals surface area contributed by atoms with Crippen molar-refractivity contribution in [2.24, 2.45) is 0 Å². The zero-order valence-electron chi connectivity index (χ0n) is 47.0. The summed E-state index contributed by atoms with van der Waals surface area (Å²) in [6.07, 6.45) is 0.922. The van der Waals surface area contributed by atoms with Crippen LogP contribution in [0.2, 0.25) is 10.0 Å². The molecule has 18 nitrogen and oxygen atoms in total. The molecule has 6 aromatic carbocycles. The van der Waals surface area contributed by atoms with E-state index < -0.39 is 21.3 Å². The molecule has 422 valence electrons. The summed E-state index contributed by atoms with van der Waals surface area (Å²) in [6, 6.07) is 45.8. The van der Waals surface area contributed by atoms with Crippen LogP contribution in [-0.4, -0.2) is 125 Å². The Labute approximate surface area is 530 Å². The van der Waals surface area contributed by atoms with E-state index in [1.165, 1.54) is 18.1 Å². The van der Waals surface area contributed by atoms with Crippen LogP contribution in [-0.2, 0) is 35.2 Å². The zero-order valence-corrected chi connectivity index (χ0v) is 52.4. The predicted molar refractivity (Wildman–Crippen MR) is 304 cm³/mol. The number of rotatable bonds is 18. The van der Waals surface area contributed by atoms with Gasteiger partial charge in [-0.1, -0.05) is 132 Å². The number of piperazine rings is 2. The summed E-state index contributed by atoms with van der Waals surface area (Å²) < 4.78 is 37.2. The summed E-state index contributed by atoms with van der Waals surface area (Å²) in [5, 5.41) is 52.4. The van der Waals surface area contributed by atoms with Crippen LogP contribution in [0.3, 0.4) is 0 Å². The minimum absolute atomic E-state index is 0. The van der Waals surface area contributed by atoms with Crippen molar-refractivity contribution in [2.75, 3.05) is 94.9 Å². The summed E-state index contributed by atoms with van der Waals surface area (Å²) in [5.41, 5.74) is 4.23. The second-order valence-corrected chi connectivity index (χ2v) is 21.0. The molecular weight excluding hydrogens is 1120 g/mol. The molecule has 0 bridgehead atoms. The first-order valence-corrected chi connectivity index (χ1v) is 27.5. The smallest absolute Gasteiger partial charge is 1.00 e. The maximum atomic E-state index is 11.3. The number of nitrogens with one attached hydrogen (secondary N) is 1. The predicted octanol–water partition coefficient (Wildman–Crippen LogP) is 1.87. The Hall–Kier alpha value is -4.82. The molecule has 2 aliphatic rings. The van der Waals surface area contributed by atoms with Crippen molar-refractivity contribution in [3.8, 4) is 11.5 Å². The van der Waals surface area contributed by atoms with Crippen LogP contribution < -0.4 is 89.0 Å². The normalized spacial score (nSPS) is 16.3. The third kappa shape index (κ3) is 22.4. The SMILES string of the molecule is O=CO[O-].OCCOc1ccc(N2CCNC[C@H]2c2ccccc2)c(Cl)c1.[C-]#[N+]c1ccc([C@](C)(O)CN2CCN(c3ccc(OCCO)cc3Cl)[C@H](c3ccccc3)C2)cc1.[C-]#[N+]c1ccc([C@](C)(O)COS(C)(=O)=O)cc1.[H-].[Na+].[Na+]. The average molecular weight is 1190 g/mol. The van der Waals surface area contributed by atoms with Crippen LogP contribution in [0, 0.1) is 13.1 Å². The summed E-state index contributed by atoms with van der Waals surface area (Å²) in [5.74, 6) is 1.31. The van der Waals surface area contributed by atoms with Gasteiger partial charge in [0.05, 0.1) is 78.3 Å². The van der Waals surface area contributed by atoms with Gasteiger partial charge < -0.3 is 56.6 Å². The Morgan fingerprint density at radius 3 is 1.57 bits per heavy atom. The van der Waals surface area contributed by atoms with Crippen LogP contribution in [0.25, 0.3) is 9.69 Å². The Balaban J connectivity index is 0.000000424. The average Bonchev–Trinajstić information content (AvgIpc) is 3.50. The largest absolute Gasteiger partial charge is 1.00 e. The molecule has 5 N–H and O–H groups in total. The van der Waals surface area contributed by atoms with E-state index >= 15 is 0 Å². The van der Waals surface area contributed by atoms with E-state index in [9.17, 15) is 18.6 Å². The van der Waals surface area contributed by atoms with Crippen LogP contribution >= 0.6 is 23.2 Å². The third-order valence-corrected chi connectivity index (χ3v) is 13.8. The molecule has 2 fully saturated rings. The molecule has 23 heteroatoms. The Kier molecular flexibility index (Phi) is 30.7. The van der Waals surface area contributed by atoms with Crippen molar-refractivity contribution in [3.63, 3.8) is 0 Å². The Morgan fingerprint density at radius 2 is 1.15 bits per heavy atom. The molecule has 6 aromatic rings. The van der Waals surface area contributed by atoms with Gasteiger partial charge in [-0.2, -0.15) is 8.42 Å². The van der Waals surface area contributed by atoms with E-state index in [2.05, 4.69) is 75.2 Å². The number of nitrogens with zero attached hydrogens (tertiary/aromatic N) is 5. The van der Waals surface area contributed by atoms with Crippen molar-refractivity contribution < 1.29 is 118 Å². The molecule has 0 amide bonds. The quantitative estimate of drug-likeness (QED) is 0.0207. The van der Waals surface area contributed by atoms with Gasteiger partial charge in [0.1, 0.15) is 30.3 Å². The van der Waals surface area contributed by atoms with Gasteiger partial charge in [0.25, 0.3) is 16.6 Å². The summed E-state index contributed by atoms with van der Waals surface area (Å²) in [6.45, 7) is 22.5. The van der Waals surface area contributed by atoms with E-state index in [4.69, 9.17) is 66.1 Å². The molecule has 0 spiro atoms. The van der Waals surface area contributed by atoms with Gasteiger partial charge in [-0.05, 0) is 60.4 Å². The van der Waals surface area contributed by atoms with Gasteiger partial charge >= 0.3 is 59.1 Å². The summed E-state index contributed by atoms with van der Waals surface area (Å²) in [7, 11) is -3.59. The molecule has 0 saturated carbocycles. The first-order valence-electron chi connectivity index (χ1n) is 25.0. The molecular formula is C58H66Cl2N6Na2O12S. The van der Waals surface area contributed by atoms with Gasteiger partial charge in [-0.15, -0.1) is 0 Å². The summed E-state index contributed by atoms with van der Waals surface area (Å²) >= 11 is 13.2. The Bertz CT molecular complexity index is 3040. The van der Waals surface area contributed by atoms with Gasteiger partial charge in [0.2, 0.25) is 0 Å². The maximum Gasteiger partial charge on any atom is 1.00 e. The number of hydrogen-bond acceptors (Lipinski definition) is 16. The van der Waals surface area contributed by atoms with E-state index in [0.29, 0.717) is 45.0 Å². The first kappa shape index (κ1) is 70.4. The van der Waals surface area contributed by atoms with Crippen molar-refractivity contribution >= 4 is 62.5 Å². The minimum Gasteiger partial charge on any atom is -1.00 e. The minimum atomic E-state index is -3.59. The van der Waals surface area contributed by atoms with Crippen molar-refractivity contribution in [1.82, 2.24) is 10.2 Å². The van der Waals surface area contributed by atoms with E-state index in [1.807, 2.05) is 73.7 Å². The van der Waals surface area contributed by atoms with Crippen LogP contribution in [0.1, 0.15) is 49.6 Å². The number of β-amino-alcohol motifs (C(OH)–C–C–N with tert-alkyl or cyclic N) is 1. The van der Waals surface area contributed by atoms with E-state index in [0.717, 1.165) is 62.5 Å². The number of hydrogen-bond donors (Lipinski definition) is 5. The van der Waals surface area contributed by atoms with E-state index in [-0.39, 0.29) is 112 Å². The summed E-state index contributed by atoms with van der Waals surface area (Å²) in [4.78, 5) is 24.8. The van der Waals surface area contributed by atoms with Crippen LogP contribution in [0.5, 0.6) is 11.5 Å². The van der Waals surface area contributed by atoms with Crippen molar-refractivity contribution in [1.29, 1.82) is 0 Å². The molecule has 2 aliphatic heterocycles. The van der Waals surface area contributed by atoms with Gasteiger partial charge in [-0.25, -0.2) is 9.69 Å². The number of carbonyl (C=O) groups is 1. The molecule has 4 atom stereocenters. The number of aliphatic hydroxyl groups excluding tert-OH is 2. The third-order valence-electron chi connectivity index (χ3n) is 12.6. The fourth-order valence-corrected chi connectivity index (χ4v) is 9.77. The number of halogens is 2. The van der Waals surface area contributed by atoms with Gasteiger partial charge in [0, 0.05) is 57.9 Å². The van der Waals surface area contributed by atoms with Gasteiger partial charge in [0.15, 0.2) is 11.4 Å². The zero-order chi connectivity index (χ0) is 57.4. The van der Waals surface area contributed by atoms with Crippen molar-refractivity contribution in [2.45, 2.75) is 37.1 Å². The molecule has 0 aromatic heterocycles. The van der Waals surface area contributed by atoms with E-state index in [1.54, 1.807) is 42.5 Å². The standard InChI is InChI=1S/C28H30ClN3O3.C18H21ClN2O2.C11H13NO4S.CH2O3.2Na.H/c1-28(34,22-8-10-23(30-2)11-9-22)20-31-14-15-32(27(19-31)21-6-4-3-5-7-21)26-13-12-24(18-25(26)29)35-17-16-33;19-16-12-15(23-11-10-22)6-7-17(16)21-9-8-20-13-18(21)14-4-2-1-3-5-14;1-11(13,8-16-17(3,14)15)9-4-6-10(12-2)7-5-9;2-1-4-3;;;/h3-13,18,27,33-34H,14-17,19-20H2,1H3;1-7,12,18,20,22H,8-11,13H2;4-7,13H,8H2,1,3H3;1,3H;;;/q;;;;2*+1;-1/p-1/t27-,28+;18-;11-;;;;/m001..../s1. The fraction of sp³-hybridized carbons (Fsp3) is 0.328. The van der Waals surface area contributed by atoms with Gasteiger partial charge in [-0.3, -0.25) is 13.9 Å². The molecule has 0 unspecified atom stereocenters. The number of carbonyl (C=O) groups excluding carboxylic acids is 1. The molecule has 0 aliphatic carbocycles. The van der Waals surface area contributed by atoms with Crippen LogP contribution in [0.15, 0.2) is 146 Å². The second kappa shape index (κ2) is 35.3. The molecule has 0 radical (unpaired) electrons. The molecule has 81 heavy (non-hydrogen) atoms. The molecule has 8 rings (SSSR count). The monoisotopic (exact) mass is 1190 g/mol. The number of anilines is 2. The van der Waals surface area contributed by atoms with Crippen molar-refractivity contribution in [3.05, 3.63) is 201 Å². The maximum absolute atomic E-state index is 11.3. The number of aliphatic hydroxyl groups is 4. The first-order chi connectivity index (χ1) is 37.9. The fourth-order valence-electron chi connectivity index (χ4n) is 8.77. The molecule has 2 heterocycles. The molecule has 2 saturated heterocycles. The Morgan fingerprint density at radius 1 is 0.704 bits per heavy atom. The second-order valence-electron chi connectivity index (χ2n) is 18.6. The van der Waals surface area contributed by atoms with Crippen LogP contribution in [0.4, 0.5) is 22.7 Å².